The highest BCUT2D eigenvalue weighted by atomic mass is 35.5. The normalized spacial score (nSPS) is 14.0. The minimum Gasteiger partial charge on any atom is -0.481 e. The zero-order valence-corrected chi connectivity index (χ0v) is 18.5. The maximum Gasteiger partial charge on any atom is 0.305 e. The first-order valence-electron chi connectivity index (χ1n) is 10.4. The van der Waals surface area contributed by atoms with Crippen LogP contribution in [0.25, 0.3) is 0 Å². The van der Waals surface area contributed by atoms with Gasteiger partial charge in [0.05, 0.1) is 12.5 Å². The molecule has 3 aromatic rings. The molecule has 31 heavy (non-hydrogen) atoms. The number of carbonyl (C=O) groups is 1. The molecule has 8 heteroatoms. The van der Waals surface area contributed by atoms with Crippen LogP contribution in [0.3, 0.4) is 0 Å². The summed E-state index contributed by atoms with van der Waals surface area (Å²) >= 11 is 12.3. The van der Waals surface area contributed by atoms with Crippen LogP contribution in [0.2, 0.25) is 10.0 Å². The number of rotatable bonds is 8. The number of nitrogens with zero attached hydrogens (tertiary/aromatic N) is 3. The van der Waals surface area contributed by atoms with Gasteiger partial charge < -0.3 is 10.4 Å². The molecule has 2 N–H and O–H groups in total. The molecule has 2 aromatic heterocycles. The van der Waals surface area contributed by atoms with Crippen LogP contribution in [-0.4, -0.2) is 32.4 Å². The lowest BCUT2D eigenvalue weighted by Crippen LogP contribution is -2.19. The molecule has 0 fully saturated rings. The number of benzene rings is 1. The molecule has 3 heterocycles. The fourth-order valence-electron chi connectivity index (χ4n) is 4.06. The van der Waals surface area contributed by atoms with Crippen LogP contribution in [-0.2, 0) is 24.1 Å². The molecule has 0 aliphatic carbocycles. The van der Waals surface area contributed by atoms with Crippen LogP contribution >= 0.6 is 23.2 Å². The number of hydrogen-bond acceptors (Lipinski definition) is 4. The third-order valence-electron chi connectivity index (χ3n) is 5.50. The molecule has 1 unspecified atom stereocenters. The molecular weight excluding hydrogens is 435 g/mol. The molecule has 0 spiro atoms. The predicted octanol–water partition coefficient (Wildman–Crippen LogP) is 5.18. The molecule has 0 saturated heterocycles. The minimum absolute atomic E-state index is 0.108. The van der Waals surface area contributed by atoms with Gasteiger partial charge in [-0.05, 0) is 73.6 Å². The van der Waals surface area contributed by atoms with Crippen LogP contribution in [0, 0.1) is 0 Å². The smallest absolute Gasteiger partial charge is 0.305 e. The SMILES string of the molecule is O=C(O)CC(c1cc(Cl)cc(Cl)c1)n1nccc1CCCc1ccc2c(n1)NCCC2. The van der Waals surface area contributed by atoms with Crippen molar-refractivity contribution in [3.05, 3.63) is 75.2 Å². The van der Waals surface area contributed by atoms with Crippen molar-refractivity contribution in [3.63, 3.8) is 0 Å². The third-order valence-corrected chi connectivity index (χ3v) is 5.94. The predicted molar refractivity (Wildman–Crippen MR) is 122 cm³/mol. The van der Waals surface area contributed by atoms with Gasteiger partial charge in [-0.15, -0.1) is 0 Å². The van der Waals surface area contributed by atoms with Crippen molar-refractivity contribution in [2.75, 3.05) is 11.9 Å². The van der Waals surface area contributed by atoms with Crippen molar-refractivity contribution in [2.24, 2.45) is 0 Å². The van der Waals surface area contributed by atoms with E-state index in [9.17, 15) is 9.90 Å². The van der Waals surface area contributed by atoms with Gasteiger partial charge in [-0.3, -0.25) is 9.48 Å². The first-order valence-corrected chi connectivity index (χ1v) is 11.2. The number of carboxylic acid groups (broad SMARTS) is 1. The van der Waals surface area contributed by atoms with E-state index in [1.807, 2.05) is 6.07 Å². The molecule has 0 radical (unpaired) electrons. The van der Waals surface area contributed by atoms with Crippen LogP contribution in [0.1, 0.15) is 47.8 Å². The van der Waals surface area contributed by atoms with Gasteiger partial charge >= 0.3 is 5.97 Å². The van der Waals surface area contributed by atoms with E-state index < -0.39 is 12.0 Å². The number of pyridine rings is 1. The Morgan fingerprint density at radius 1 is 1.16 bits per heavy atom. The minimum atomic E-state index is -0.909. The molecule has 6 nitrogen and oxygen atoms in total. The molecule has 0 bridgehead atoms. The summed E-state index contributed by atoms with van der Waals surface area (Å²) in [6.45, 7) is 0.973. The molecule has 0 saturated carbocycles. The van der Waals surface area contributed by atoms with Crippen LogP contribution in [0.5, 0.6) is 0 Å². The van der Waals surface area contributed by atoms with Gasteiger partial charge in [0, 0.05) is 34.2 Å². The summed E-state index contributed by atoms with van der Waals surface area (Å²) < 4.78 is 1.78. The number of fused-ring (bicyclic) bond motifs is 1. The van der Waals surface area contributed by atoms with E-state index in [0.717, 1.165) is 61.4 Å². The van der Waals surface area contributed by atoms with Crippen molar-refractivity contribution in [1.29, 1.82) is 0 Å². The molecule has 1 aliphatic rings. The maximum absolute atomic E-state index is 11.6. The van der Waals surface area contributed by atoms with Crippen molar-refractivity contribution >= 4 is 35.0 Å². The van der Waals surface area contributed by atoms with Crippen molar-refractivity contribution in [1.82, 2.24) is 14.8 Å². The second-order valence-electron chi connectivity index (χ2n) is 7.78. The number of halogens is 2. The Bertz CT molecular complexity index is 1060. The lowest BCUT2D eigenvalue weighted by Gasteiger charge is -2.20. The van der Waals surface area contributed by atoms with E-state index >= 15 is 0 Å². The summed E-state index contributed by atoms with van der Waals surface area (Å²) in [6, 6.07) is 10.8. The Labute approximate surface area is 191 Å². The van der Waals surface area contributed by atoms with Crippen molar-refractivity contribution in [2.45, 2.75) is 44.6 Å². The quantitative estimate of drug-likeness (QED) is 0.485. The molecular formula is C23H24Cl2N4O2. The van der Waals surface area contributed by atoms with Crippen LogP contribution in [0.15, 0.2) is 42.6 Å². The topological polar surface area (TPSA) is 80.0 Å². The Hall–Kier alpha value is -2.57. The Morgan fingerprint density at radius 3 is 2.74 bits per heavy atom. The summed E-state index contributed by atoms with van der Waals surface area (Å²) in [6.07, 6.45) is 6.30. The number of anilines is 1. The van der Waals surface area contributed by atoms with Crippen LogP contribution in [0.4, 0.5) is 5.82 Å². The number of nitrogens with one attached hydrogen (secondary N) is 1. The number of carboxylic acids is 1. The Balaban J connectivity index is 1.49. The third kappa shape index (κ3) is 5.38. The van der Waals surface area contributed by atoms with E-state index in [1.54, 1.807) is 29.1 Å². The van der Waals surface area contributed by atoms with Gasteiger partial charge in [0.1, 0.15) is 5.82 Å². The lowest BCUT2D eigenvalue weighted by atomic mass is 10.0. The standard InChI is InChI=1S/C23H24Cl2N4O2/c24-17-11-16(12-18(25)13-17)21(14-22(30)31)29-20(8-10-27-29)5-1-4-19-7-6-15-3-2-9-26-23(15)28-19/h6-8,10-13,21H,1-5,9,14H2,(H,26,28)(H,30,31). The molecule has 1 atom stereocenters. The Morgan fingerprint density at radius 2 is 1.97 bits per heavy atom. The van der Waals surface area contributed by atoms with E-state index in [4.69, 9.17) is 28.2 Å². The van der Waals surface area contributed by atoms with E-state index in [2.05, 4.69) is 22.5 Å². The van der Waals surface area contributed by atoms with Gasteiger partial charge in [0.2, 0.25) is 0 Å². The maximum atomic E-state index is 11.6. The lowest BCUT2D eigenvalue weighted by molar-refractivity contribution is -0.137. The number of aromatic nitrogens is 3. The van der Waals surface area contributed by atoms with E-state index in [1.165, 1.54) is 5.56 Å². The average molecular weight is 459 g/mol. The highest BCUT2D eigenvalue weighted by Crippen LogP contribution is 2.29. The second-order valence-corrected chi connectivity index (χ2v) is 8.65. The highest BCUT2D eigenvalue weighted by molar-refractivity contribution is 6.34. The monoisotopic (exact) mass is 458 g/mol. The van der Waals surface area contributed by atoms with Gasteiger partial charge in [-0.25, -0.2) is 4.98 Å². The van der Waals surface area contributed by atoms with Crippen molar-refractivity contribution < 1.29 is 9.90 Å². The zero-order chi connectivity index (χ0) is 21.8. The van der Waals surface area contributed by atoms with Crippen molar-refractivity contribution in [3.8, 4) is 0 Å². The number of aryl methyl sites for hydroxylation is 3. The zero-order valence-electron chi connectivity index (χ0n) is 17.0. The molecule has 162 valence electrons. The second kappa shape index (κ2) is 9.71. The summed E-state index contributed by atoms with van der Waals surface area (Å²) in [7, 11) is 0. The fraction of sp³-hybridized carbons (Fsp3) is 0.348. The first-order chi connectivity index (χ1) is 15.0. The summed E-state index contributed by atoms with van der Waals surface area (Å²) in [5.41, 5.74) is 4.04. The molecule has 1 aliphatic heterocycles. The van der Waals surface area contributed by atoms with E-state index in [0.29, 0.717) is 10.0 Å². The summed E-state index contributed by atoms with van der Waals surface area (Å²) in [5, 5.41) is 18.2. The number of hydrogen-bond donors (Lipinski definition) is 2. The van der Waals surface area contributed by atoms with Crippen LogP contribution < -0.4 is 5.32 Å². The molecule has 4 rings (SSSR count). The van der Waals surface area contributed by atoms with Gasteiger partial charge in [-0.1, -0.05) is 29.3 Å². The average Bonchev–Trinajstić information content (AvgIpc) is 3.19. The van der Waals surface area contributed by atoms with E-state index in [-0.39, 0.29) is 6.42 Å². The Kier molecular flexibility index (Phi) is 6.78. The molecule has 0 amide bonds. The molecule has 1 aromatic carbocycles. The van der Waals surface area contributed by atoms with Gasteiger partial charge in [0.15, 0.2) is 0 Å². The summed E-state index contributed by atoms with van der Waals surface area (Å²) in [4.78, 5) is 16.3. The van der Waals surface area contributed by atoms with Gasteiger partial charge in [0.25, 0.3) is 0 Å². The van der Waals surface area contributed by atoms with Gasteiger partial charge in [-0.2, -0.15) is 5.10 Å². The number of aliphatic carboxylic acids is 1. The first kappa shape index (κ1) is 21.7. The summed E-state index contributed by atoms with van der Waals surface area (Å²) in [5.74, 6) is 0.0986. The fourth-order valence-corrected chi connectivity index (χ4v) is 4.60. The highest BCUT2D eigenvalue weighted by Gasteiger charge is 2.22. The largest absolute Gasteiger partial charge is 0.481 e.